The van der Waals surface area contributed by atoms with Gasteiger partial charge in [-0.25, -0.2) is 14.2 Å². The van der Waals surface area contributed by atoms with E-state index < -0.39 is 11.8 Å². The standard InChI is InChI=1S/C30H27FN4O4S/c31-25-12-19(15-32)4-5-22(25)18-39-23-3-1-2-21(13-23)20-6-9-34(10-7-20)17-28-33-29-26(14-27(40-29)30(36)37)35(28)16-24-8-11-38-24/h1-6,12-14,24H,7-11,16-18H2,(H,36,37)/t24-/m0/s1. The molecular formula is C30H27FN4O4S. The van der Waals surface area contributed by atoms with E-state index in [4.69, 9.17) is 19.7 Å². The van der Waals surface area contributed by atoms with Gasteiger partial charge < -0.3 is 19.1 Å². The summed E-state index contributed by atoms with van der Waals surface area (Å²) in [6, 6.07) is 15.9. The van der Waals surface area contributed by atoms with Gasteiger partial charge in [0.25, 0.3) is 0 Å². The second-order valence-electron chi connectivity index (χ2n) is 9.98. The average molecular weight is 559 g/mol. The predicted molar refractivity (Wildman–Crippen MR) is 149 cm³/mol. The van der Waals surface area contributed by atoms with Gasteiger partial charge in [-0.05, 0) is 54.3 Å². The van der Waals surface area contributed by atoms with E-state index in [1.807, 2.05) is 24.3 Å². The van der Waals surface area contributed by atoms with Crippen LogP contribution in [0.2, 0.25) is 0 Å². The number of rotatable bonds is 9. The number of aromatic carboxylic acids is 1. The number of thiophene rings is 1. The van der Waals surface area contributed by atoms with Crippen molar-refractivity contribution in [3.8, 4) is 11.8 Å². The van der Waals surface area contributed by atoms with Gasteiger partial charge in [0.15, 0.2) is 0 Å². The summed E-state index contributed by atoms with van der Waals surface area (Å²) in [7, 11) is 0. The van der Waals surface area contributed by atoms with Gasteiger partial charge in [0.05, 0.1) is 36.3 Å². The van der Waals surface area contributed by atoms with Crippen LogP contribution in [0, 0.1) is 17.1 Å². The number of aromatic nitrogens is 2. The Morgan fingerprint density at radius 1 is 1.27 bits per heavy atom. The van der Waals surface area contributed by atoms with Crippen LogP contribution in [0.25, 0.3) is 15.9 Å². The topological polar surface area (TPSA) is 101 Å². The van der Waals surface area contributed by atoms with E-state index in [-0.39, 0.29) is 18.3 Å². The normalized spacial score (nSPS) is 17.3. The van der Waals surface area contributed by atoms with Crippen LogP contribution in [0.5, 0.6) is 5.75 Å². The highest BCUT2D eigenvalue weighted by atomic mass is 32.1. The Hall–Kier alpha value is -4.04. The second-order valence-corrected chi connectivity index (χ2v) is 11.0. The van der Waals surface area contributed by atoms with Crippen molar-refractivity contribution in [2.75, 3.05) is 19.7 Å². The maximum absolute atomic E-state index is 14.2. The Labute approximate surface area is 234 Å². The first-order chi connectivity index (χ1) is 19.5. The van der Waals surface area contributed by atoms with Gasteiger partial charge in [-0.15, -0.1) is 11.3 Å². The van der Waals surface area contributed by atoms with Gasteiger partial charge in [-0.3, -0.25) is 4.90 Å². The van der Waals surface area contributed by atoms with Crippen molar-refractivity contribution in [1.82, 2.24) is 14.5 Å². The Morgan fingerprint density at radius 2 is 2.15 bits per heavy atom. The van der Waals surface area contributed by atoms with E-state index in [9.17, 15) is 14.3 Å². The van der Waals surface area contributed by atoms with Gasteiger partial charge in [-0.2, -0.15) is 5.26 Å². The minimum Gasteiger partial charge on any atom is -0.489 e. The molecule has 6 rings (SSSR count). The van der Waals surface area contributed by atoms with Gasteiger partial charge in [-0.1, -0.05) is 24.3 Å². The molecule has 2 aromatic carbocycles. The number of imidazole rings is 1. The van der Waals surface area contributed by atoms with Crippen LogP contribution in [-0.4, -0.2) is 51.3 Å². The van der Waals surface area contributed by atoms with Crippen molar-refractivity contribution in [3.05, 3.63) is 87.8 Å². The Balaban J connectivity index is 1.12. The molecule has 0 aliphatic carbocycles. The van der Waals surface area contributed by atoms with Crippen LogP contribution in [0.4, 0.5) is 4.39 Å². The molecule has 0 amide bonds. The lowest BCUT2D eigenvalue weighted by molar-refractivity contribution is -0.0591. The van der Waals surface area contributed by atoms with Crippen LogP contribution in [0.1, 0.15) is 45.0 Å². The summed E-state index contributed by atoms with van der Waals surface area (Å²) in [5.74, 6) is 0.204. The smallest absolute Gasteiger partial charge is 0.346 e. The maximum atomic E-state index is 14.2. The number of halogens is 1. The lowest BCUT2D eigenvalue weighted by Gasteiger charge is -2.29. The molecule has 1 saturated heterocycles. The zero-order valence-electron chi connectivity index (χ0n) is 21.7. The highest BCUT2D eigenvalue weighted by molar-refractivity contribution is 7.20. The largest absolute Gasteiger partial charge is 0.489 e. The molecule has 0 radical (unpaired) electrons. The molecule has 2 aromatic heterocycles. The van der Waals surface area contributed by atoms with E-state index in [0.717, 1.165) is 54.3 Å². The lowest BCUT2D eigenvalue weighted by atomic mass is 9.99. The van der Waals surface area contributed by atoms with Crippen molar-refractivity contribution >= 4 is 33.2 Å². The third kappa shape index (κ3) is 5.49. The van der Waals surface area contributed by atoms with Gasteiger partial charge in [0.2, 0.25) is 0 Å². The number of carboxylic acids is 1. The first kappa shape index (κ1) is 26.2. The number of hydrogen-bond acceptors (Lipinski definition) is 7. The lowest BCUT2D eigenvalue weighted by Crippen LogP contribution is -2.33. The first-order valence-corrected chi connectivity index (χ1v) is 14.0. The minimum absolute atomic E-state index is 0.0811. The summed E-state index contributed by atoms with van der Waals surface area (Å²) in [6.45, 7) is 3.80. The van der Waals surface area contributed by atoms with Gasteiger partial charge >= 0.3 is 5.97 Å². The number of benzene rings is 2. The molecule has 204 valence electrons. The molecule has 4 heterocycles. The van der Waals surface area contributed by atoms with E-state index in [0.29, 0.717) is 29.3 Å². The van der Waals surface area contributed by atoms with Crippen LogP contribution >= 0.6 is 11.3 Å². The SMILES string of the molecule is N#Cc1ccc(COc2cccc(C3=CCN(Cc4nc5sc(C(=O)O)cc5n4C[C@@H]4CCO4)CC3)c2)c(F)c1. The van der Waals surface area contributed by atoms with E-state index >= 15 is 0 Å². The Morgan fingerprint density at radius 3 is 2.85 bits per heavy atom. The summed E-state index contributed by atoms with van der Waals surface area (Å²) in [6.07, 6.45) is 4.21. The summed E-state index contributed by atoms with van der Waals surface area (Å²) in [5.41, 5.74) is 3.84. The predicted octanol–water partition coefficient (Wildman–Crippen LogP) is 5.46. The molecule has 4 aromatic rings. The van der Waals surface area contributed by atoms with E-state index in [1.54, 1.807) is 18.2 Å². The number of hydrogen-bond donors (Lipinski definition) is 1. The molecule has 10 heteroatoms. The summed E-state index contributed by atoms with van der Waals surface area (Å²) < 4.78 is 27.9. The van der Waals surface area contributed by atoms with Crippen LogP contribution in [0.3, 0.4) is 0 Å². The summed E-state index contributed by atoms with van der Waals surface area (Å²) in [5, 5.41) is 18.3. The molecule has 1 atom stereocenters. The van der Waals surface area contributed by atoms with Crippen molar-refractivity contribution < 1.29 is 23.8 Å². The fraction of sp³-hybridized carbons (Fsp3) is 0.300. The average Bonchev–Trinajstić information content (AvgIpc) is 3.49. The minimum atomic E-state index is -0.930. The molecule has 0 unspecified atom stereocenters. The maximum Gasteiger partial charge on any atom is 0.346 e. The second kappa shape index (κ2) is 11.2. The molecule has 2 aliphatic heterocycles. The molecular weight excluding hydrogens is 531 g/mol. The third-order valence-electron chi connectivity index (χ3n) is 7.36. The highest BCUT2D eigenvalue weighted by Crippen LogP contribution is 2.30. The van der Waals surface area contributed by atoms with Crippen molar-refractivity contribution in [2.24, 2.45) is 0 Å². The zero-order chi connectivity index (χ0) is 27.6. The molecule has 0 spiro atoms. The zero-order valence-corrected chi connectivity index (χ0v) is 22.5. The fourth-order valence-electron chi connectivity index (χ4n) is 5.02. The number of carboxylic acid groups (broad SMARTS) is 1. The number of fused-ring (bicyclic) bond motifs is 1. The molecule has 40 heavy (non-hydrogen) atoms. The molecule has 8 nitrogen and oxygen atoms in total. The van der Waals surface area contributed by atoms with Crippen molar-refractivity contribution in [2.45, 2.75) is 38.6 Å². The van der Waals surface area contributed by atoms with Gasteiger partial charge in [0.1, 0.15) is 33.7 Å². The number of nitriles is 1. The Kier molecular flexibility index (Phi) is 7.34. The summed E-state index contributed by atoms with van der Waals surface area (Å²) >= 11 is 1.21. The van der Waals surface area contributed by atoms with Crippen LogP contribution in [0.15, 0.2) is 54.6 Å². The number of nitrogens with zero attached hydrogens (tertiary/aromatic N) is 4. The molecule has 0 bridgehead atoms. The monoisotopic (exact) mass is 558 g/mol. The molecule has 2 aliphatic rings. The van der Waals surface area contributed by atoms with E-state index in [1.165, 1.54) is 23.0 Å². The van der Waals surface area contributed by atoms with E-state index in [2.05, 4.69) is 21.6 Å². The van der Waals surface area contributed by atoms with Crippen LogP contribution < -0.4 is 4.74 Å². The van der Waals surface area contributed by atoms with Gasteiger partial charge in [0, 0.05) is 25.3 Å². The highest BCUT2D eigenvalue weighted by Gasteiger charge is 2.25. The first-order valence-electron chi connectivity index (χ1n) is 13.1. The molecule has 1 fully saturated rings. The van der Waals surface area contributed by atoms with Crippen molar-refractivity contribution in [1.29, 1.82) is 5.26 Å². The van der Waals surface area contributed by atoms with Crippen molar-refractivity contribution in [3.63, 3.8) is 0 Å². The molecule has 1 N–H and O–H groups in total. The number of ether oxygens (including phenoxy) is 2. The molecule has 0 saturated carbocycles. The quantitative estimate of drug-likeness (QED) is 0.291. The number of carbonyl (C=O) groups is 1. The third-order valence-corrected chi connectivity index (χ3v) is 8.36. The van der Waals surface area contributed by atoms with Crippen LogP contribution in [-0.2, 0) is 24.4 Å². The fourth-order valence-corrected chi connectivity index (χ4v) is 5.91. The summed E-state index contributed by atoms with van der Waals surface area (Å²) in [4.78, 5) is 19.7. The Bertz CT molecular complexity index is 1650.